The third-order valence-corrected chi connectivity index (χ3v) is 4.00. The lowest BCUT2D eigenvalue weighted by Gasteiger charge is -2.14. The number of aryl methyl sites for hydroxylation is 3. The number of carboxylic acids is 1. The molecule has 0 aliphatic rings. The molecule has 0 amide bonds. The highest BCUT2D eigenvalue weighted by Gasteiger charge is 2.08. The van der Waals surface area contributed by atoms with E-state index in [1.54, 1.807) is 0 Å². The molecule has 0 saturated heterocycles. The number of aliphatic carboxylic acids is 1. The second-order valence-electron chi connectivity index (χ2n) is 6.15. The number of nitrogens with two attached hydrogens (primary N) is 1. The monoisotopic (exact) mass is 327 g/mol. The summed E-state index contributed by atoms with van der Waals surface area (Å²) in [6, 6.07) is 11.8. The van der Waals surface area contributed by atoms with E-state index >= 15 is 0 Å². The van der Waals surface area contributed by atoms with Crippen molar-refractivity contribution in [3.05, 3.63) is 58.7 Å². The van der Waals surface area contributed by atoms with Gasteiger partial charge in [0.2, 0.25) is 0 Å². The van der Waals surface area contributed by atoms with E-state index in [0.717, 1.165) is 40.2 Å². The molecule has 0 heterocycles. The molecule has 4 nitrogen and oxygen atoms in total. The number of ether oxygens (including phenoxy) is 1. The number of carbonyl (C=O) groups is 1. The van der Waals surface area contributed by atoms with Crippen LogP contribution in [-0.2, 0) is 17.6 Å². The summed E-state index contributed by atoms with van der Waals surface area (Å²) in [6.07, 6.45) is 1.52. The lowest BCUT2D eigenvalue weighted by Crippen LogP contribution is -2.05. The van der Waals surface area contributed by atoms with Crippen LogP contribution >= 0.6 is 0 Å². The Bertz CT molecular complexity index is 723. The molecule has 2 aromatic carbocycles. The van der Waals surface area contributed by atoms with Gasteiger partial charge in [-0.3, -0.25) is 4.79 Å². The van der Waals surface area contributed by atoms with Gasteiger partial charge in [0.05, 0.1) is 0 Å². The third-order valence-electron chi connectivity index (χ3n) is 4.00. The van der Waals surface area contributed by atoms with Crippen LogP contribution in [0.2, 0.25) is 0 Å². The van der Waals surface area contributed by atoms with Crippen LogP contribution in [-0.4, -0.2) is 11.1 Å². The van der Waals surface area contributed by atoms with Crippen LogP contribution in [0.3, 0.4) is 0 Å². The van der Waals surface area contributed by atoms with Crippen LogP contribution in [0.1, 0.15) is 48.6 Å². The standard InChI is InChI=1S/C20H25NO3/c1-4-15-11-18(7-5-16(15)6-8-20(22)23)24-19-10-13(2)9-17(12-19)14(3)21/h5,7,9-12,14H,4,6,8,21H2,1-3H3,(H,22,23)/t14-/m1/s1. The molecule has 0 aliphatic carbocycles. The zero-order valence-corrected chi connectivity index (χ0v) is 14.5. The Labute approximate surface area is 143 Å². The van der Waals surface area contributed by atoms with E-state index in [2.05, 4.69) is 13.0 Å². The van der Waals surface area contributed by atoms with Crippen LogP contribution in [0.15, 0.2) is 36.4 Å². The molecule has 0 fully saturated rings. The van der Waals surface area contributed by atoms with E-state index in [4.69, 9.17) is 15.6 Å². The minimum atomic E-state index is -0.777. The molecule has 0 aromatic heterocycles. The summed E-state index contributed by atoms with van der Waals surface area (Å²) in [5, 5.41) is 8.85. The normalized spacial score (nSPS) is 12.0. The molecule has 2 rings (SSSR count). The lowest BCUT2D eigenvalue weighted by atomic mass is 10.0. The topological polar surface area (TPSA) is 72.5 Å². The van der Waals surface area contributed by atoms with Crippen LogP contribution in [0, 0.1) is 6.92 Å². The van der Waals surface area contributed by atoms with Crippen molar-refractivity contribution in [1.29, 1.82) is 0 Å². The number of rotatable bonds is 7. The molecule has 24 heavy (non-hydrogen) atoms. The zero-order valence-electron chi connectivity index (χ0n) is 14.5. The Hall–Kier alpha value is -2.33. The van der Waals surface area contributed by atoms with Crippen molar-refractivity contribution in [2.24, 2.45) is 5.73 Å². The largest absolute Gasteiger partial charge is 0.481 e. The first-order valence-electron chi connectivity index (χ1n) is 8.27. The predicted molar refractivity (Wildman–Crippen MR) is 95.6 cm³/mol. The number of benzene rings is 2. The van der Waals surface area contributed by atoms with Crippen LogP contribution in [0.25, 0.3) is 0 Å². The molecule has 0 saturated carbocycles. The average Bonchev–Trinajstić information content (AvgIpc) is 2.52. The summed E-state index contributed by atoms with van der Waals surface area (Å²) in [4.78, 5) is 10.8. The zero-order chi connectivity index (χ0) is 17.7. The van der Waals surface area contributed by atoms with Crippen LogP contribution < -0.4 is 10.5 Å². The van der Waals surface area contributed by atoms with Crippen molar-refractivity contribution in [2.75, 3.05) is 0 Å². The second-order valence-corrected chi connectivity index (χ2v) is 6.15. The fourth-order valence-corrected chi connectivity index (χ4v) is 2.71. The summed E-state index contributed by atoms with van der Waals surface area (Å²) < 4.78 is 6.00. The van der Waals surface area contributed by atoms with Crippen molar-refractivity contribution >= 4 is 5.97 Å². The fourth-order valence-electron chi connectivity index (χ4n) is 2.71. The first-order valence-corrected chi connectivity index (χ1v) is 8.27. The molecule has 1 atom stereocenters. The first kappa shape index (κ1) is 18.0. The number of hydrogen-bond acceptors (Lipinski definition) is 3. The predicted octanol–water partition coefficient (Wildman–Crippen LogP) is 4.39. The summed E-state index contributed by atoms with van der Waals surface area (Å²) >= 11 is 0. The summed E-state index contributed by atoms with van der Waals surface area (Å²) in [5.74, 6) is 0.746. The molecular formula is C20H25NO3. The first-order chi connectivity index (χ1) is 11.4. The molecule has 0 aliphatic heterocycles. The van der Waals surface area contributed by atoms with Crippen LogP contribution in [0.5, 0.6) is 11.5 Å². The van der Waals surface area contributed by atoms with Gasteiger partial charge in [-0.25, -0.2) is 0 Å². The van der Waals surface area contributed by atoms with E-state index < -0.39 is 5.97 Å². The van der Waals surface area contributed by atoms with Gasteiger partial charge in [0.1, 0.15) is 11.5 Å². The molecule has 4 heteroatoms. The van der Waals surface area contributed by atoms with Gasteiger partial charge in [0.15, 0.2) is 0 Å². The summed E-state index contributed by atoms with van der Waals surface area (Å²) in [5.41, 5.74) is 10.3. The lowest BCUT2D eigenvalue weighted by molar-refractivity contribution is -0.136. The minimum absolute atomic E-state index is 0.0446. The maximum absolute atomic E-state index is 10.8. The number of hydrogen-bond donors (Lipinski definition) is 2. The Balaban J connectivity index is 2.22. The number of carboxylic acid groups (broad SMARTS) is 1. The van der Waals surface area contributed by atoms with Crippen molar-refractivity contribution in [3.63, 3.8) is 0 Å². The molecule has 3 N–H and O–H groups in total. The molecule has 128 valence electrons. The van der Waals surface area contributed by atoms with Gasteiger partial charge in [0.25, 0.3) is 0 Å². The van der Waals surface area contributed by atoms with Gasteiger partial charge in [-0.05, 0) is 73.2 Å². The van der Waals surface area contributed by atoms with Gasteiger partial charge < -0.3 is 15.6 Å². The van der Waals surface area contributed by atoms with Gasteiger partial charge >= 0.3 is 5.97 Å². The third kappa shape index (κ3) is 4.83. The quantitative estimate of drug-likeness (QED) is 0.791. The average molecular weight is 327 g/mol. The highest BCUT2D eigenvalue weighted by atomic mass is 16.5. The van der Waals surface area contributed by atoms with Crippen molar-refractivity contribution in [2.45, 2.75) is 46.1 Å². The Morgan fingerprint density at radius 1 is 1.17 bits per heavy atom. The molecule has 0 bridgehead atoms. The molecule has 0 spiro atoms. The molecule has 0 unspecified atom stereocenters. The van der Waals surface area contributed by atoms with E-state index in [-0.39, 0.29) is 12.5 Å². The molecular weight excluding hydrogens is 302 g/mol. The van der Waals surface area contributed by atoms with Crippen LogP contribution in [0.4, 0.5) is 0 Å². The highest BCUT2D eigenvalue weighted by Crippen LogP contribution is 2.28. The highest BCUT2D eigenvalue weighted by molar-refractivity contribution is 5.67. The van der Waals surface area contributed by atoms with E-state index in [9.17, 15) is 4.79 Å². The van der Waals surface area contributed by atoms with E-state index in [1.807, 2.05) is 44.2 Å². The Morgan fingerprint density at radius 2 is 1.92 bits per heavy atom. The summed E-state index contributed by atoms with van der Waals surface area (Å²) in [6.45, 7) is 6.03. The maximum atomic E-state index is 10.8. The summed E-state index contributed by atoms with van der Waals surface area (Å²) in [7, 11) is 0. The second kappa shape index (κ2) is 7.97. The SMILES string of the molecule is CCc1cc(Oc2cc(C)cc([C@@H](C)N)c2)ccc1CCC(=O)O. The van der Waals surface area contributed by atoms with Gasteiger partial charge in [-0.15, -0.1) is 0 Å². The maximum Gasteiger partial charge on any atom is 0.303 e. The molecule has 2 aromatic rings. The van der Waals surface area contributed by atoms with Gasteiger partial charge in [-0.1, -0.05) is 19.1 Å². The van der Waals surface area contributed by atoms with Crippen molar-refractivity contribution in [3.8, 4) is 11.5 Å². The smallest absolute Gasteiger partial charge is 0.303 e. The van der Waals surface area contributed by atoms with Gasteiger partial charge in [0, 0.05) is 12.5 Å². The van der Waals surface area contributed by atoms with E-state index in [0.29, 0.717) is 6.42 Å². The van der Waals surface area contributed by atoms with Gasteiger partial charge in [-0.2, -0.15) is 0 Å². The van der Waals surface area contributed by atoms with Crippen molar-refractivity contribution < 1.29 is 14.6 Å². The van der Waals surface area contributed by atoms with Crippen molar-refractivity contribution in [1.82, 2.24) is 0 Å². The molecule has 0 radical (unpaired) electrons. The van der Waals surface area contributed by atoms with E-state index in [1.165, 1.54) is 0 Å². The minimum Gasteiger partial charge on any atom is -0.481 e. The fraction of sp³-hybridized carbons (Fsp3) is 0.350. The Morgan fingerprint density at radius 3 is 2.54 bits per heavy atom. The Kier molecular flexibility index (Phi) is 5.99.